The van der Waals surface area contributed by atoms with Crippen molar-refractivity contribution in [3.8, 4) is 0 Å². The smallest absolute Gasteiger partial charge is 0.00980 e. The van der Waals surface area contributed by atoms with Crippen molar-refractivity contribution in [2.24, 2.45) is 58.7 Å². The maximum atomic E-state index is 4.83. The molecule has 186 valence electrons. The highest BCUT2D eigenvalue weighted by Gasteiger charge is 2.81. The van der Waals surface area contributed by atoms with Crippen LogP contribution >= 0.6 is 0 Å². The summed E-state index contributed by atoms with van der Waals surface area (Å²) in [6.07, 6.45) is 12.0. The fraction of sp³-hybridized carbons (Fsp3) is 0.875. The molecule has 0 nitrogen and oxygen atoms in total. The summed E-state index contributed by atoms with van der Waals surface area (Å²) in [5, 5.41) is 0. The molecule has 0 heteroatoms. The van der Waals surface area contributed by atoms with Gasteiger partial charge in [0.05, 0.1) is 0 Å². The zero-order valence-corrected chi connectivity index (χ0v) is 23.5. The molecule has 0 bridgehead atoms. The molecule has 0 N–H and O–H groups in total. The Morgan fingerprint density at radius 1 is 0.812 bits per heavy atom. The van der Waals surface area contributed by atoms with Crippen LogP contribution in [0.15, 0.2) is 24.3 Å². The van der Waals surface area contributed by atoms with E-state index in [9.17, 15) is 0 Å². The summed E-state index contributed by atoms with van der Waals surface area (Å²) in [7, 11) is 0. The molecule has 0 radical (unpaired) electrons. The van der Waals surface area contributed by atoms with E-state index in [2.05, 4.69) is 68.9 Å². The van der Waals surface area contributed by atoms with Gasteiger partial charge in [0.1, 0.15) is 0 Å². The van der Waals surface area contributed by atoms with Crippen LogP contribution in [-0.2, 0) is 0 Å². The topological polar surface area (TPSA) is 0 Å². The molecule has 2 aliphatic carbocycles. The quantitative estimate of drug-likeness (QED) is 0.165. The van der Waals surface area contributed by atoms with Crippen LogP contribution in [0.4, 0.5) is 0 Å². The summed E-state index contributed by atoms with van der Waals surface area (Å²) < 4.78 is 0. The van der Waals surface area contributed by atoms with Gasteiger partial charge >= 0.3 is 0 Å². The summed E-state index contributed by atoms with van der Waals surface area (Å²) in [5.74, 6) is 7.04. The second-order valence-corrected chi connectivity index (χ2v) is 12.9. The Morgan fingerprint density at radius 3 is 1.97 bits per heavy atom. The molecular formula is C32H58. The molecule has 2 rings (SSSR count). The molecule has 2 saturated carbocycles. The summed E-state index contributed by atoms with van der Waals surface area (Å²) in [4.78, 5) is 0. The Bertz CT molecular complexity index is 612. The zero-order chi connectivity index (χ0) is 24.2. The summed E-state index contributed by atoms with van der Waals surface area (Å²) >= 11 is 0. The average molecular weight is 443 g/mol. The normalized spacial score (nSPS) is 32.6. The molecule has 9 unspecified atom stereocenters. The van der Waals surface area contributed by atoms with E-state index in [1.165, 1.54) is 57.8 Å². The van der Waals surface area contributed by atoms with Gasteiger partial charge in [-0.15, -0.1) is 0 Å². The maximum absolute atomic E-state index is 4.83. The van der Waals surface area contributed by atoms with Crippen molar-refractivity contribution >= 4 is 0 Å². The van der Waals surface area contributed by atoms with Gasteiger partial charge < -0.3 is 0 Å². The molecule has 0 aromatic heterocycles. The first-order chi connectivity index (χ1) is 15.0. The Morgan fingerprint density at radius 2 is 1.41 bits per heavy atom. The minimum absolute atomic E-state index is 0.520. The van der Waals surface area contributed by atoms with Gasteiger partial charge in [-0.25, -0.2) is 0 Å². The third-order valence-electron chi connectivity index (χ3n) is 9.87. The van der Waals surface area contributed by atoms with Crippen LogP contribution in [0.1, 0.15) is 120 Å². The van der Waals surface area contributed by atoms with Gasteiger partial charge in [0.2, 0.25) is 0 Å². The SMILES string of the molecule is C=C(CCC(C)CC(C)C)C1C(C)C12C(C)C2C(=C)C(CC(C)CCCCC)C(C)CC. The van der Waals surface area contributed by atoms with Crippen molar-refractivity contribution in [1.29, 1.82) is 0 Å². The monoisotopic (exact) mass is 442 g/mol. The molecule has 1 spiro atoms. The summed E-state index contributed by atoms with van der Waals surface area (Å²) in [5.41, 5.74) is 3.69. The first-order valence-corrected chi connectivity index (χ1v) is 14.4. The number of hydrogen-bond donors (Lipinski definition) is 0. The third-order valence-corrected chi connectivity index (χ3v) is 9.87. The second kappa shape index (κ2) is 11.8. The summed E-state index contributed by atoms with van der Waals surface area (Å²) in [6.45, 7) is 31.3. The van der Waals surface area contributed by atoms with E-state index in [0.717, 1.165) is 47.3 Å². The van der Waals surface area contributed by atoms with Gasteiger partial charge in [-0.05, 0) is 84.4 Å². The summed E-state index contributed by atoms with van der Waals surface area (Å²) in [6, 6.07) is 0. The number of hydrogen-bond acceptors (Lipinski definition) is 0. The molecular weight excluding hydrogens is 384 g/mol. The van der Waals surface area contributed by atoms with Gasteiger partial charge in [-0.2, -0.15) is 0 Å². The van der Waals surface area contributed by atoms with Crippen LogP contribution in [0.5, 0.6) is 0 Å². The molecule has 0 aliphatic heterocycles. The minimum Gasteiger partial charge on any atom is -0.0995 e. The first-order valence-electron chi connectivity index (χ1n) is 14.4. The van der Waals surface area contributed by atoms with E-state index in [4.69, 9.17) is 6.58 Å². The van der Waals surface area contributed by atoms with Crippen LogP contribution < -0.4 is 0 Å². The lowest BCUT2D eigenvalue weighted by Crippen LogP contribution is -2.19. The molecule has 32 heavy (non-hydrogen) atoms. The standard InChI is InChI=1S/C32H58/c1-12-14-15-16-22(5)20-29(24(7)13-2)26(9)31-28(11)32(31)27(10)30(32)25(8)18-17-23(6)19-21(3)4/h21-24,27-31H,8-9,12-20H2,1-7,10-11H3. The lowest BCUT2D eigenvalue weighted by molar-refractivity contribution is 0.300. The molecule has 0 heterocycles. The Hall–Kier alpha value is -0.520. The van der Waals surface area contributed by atoms with Gasteiger partial charge in [0.25, 0.3) is 0 Å². The lowest BCUT2D eigenvalue weighted by Gasteiger charge is -2.29. The maximum Gasteiger partial charge on any atom is -0.00980 e. The predicted octanol–water partition coefficient (Wildman–Crippen LogP) is 10.3. The average Bonchev–Trinajstić information content (AvgIpc) is 3.55. The molecule has 0 saturated heterocycles. The van der Waals surface area contributed by atoms with Crippen LogP contribution in [0.3, 0.4) is 0 Å². The Kier molecular flexibility index (Phi) is 10.2. The fourth-order valence-corrected chi connectivity index (χ4v) is 7.82. The third kappa shape index (κ3) is 5.93. The highest BCUT2D eigenvalue weighted by Crippen LogP contribution is 2.85. The number of allylic oxidation sites excluding steroid dienone is 2. The lowest BCUT2D eigenvalue weighted by atomic mass is 9.76. The van der Waals surface area contributed by atoms with Gasteiger partial charge in [-0.3, -0.25) is 0 Å². The van der Waals surface area contributed by atoms with Crippen LogP contribution in [0, 0.1) is 58.7 Å². The second-order valence-electron chi connectivity index (χ2n) is 12.9. The predicted molar refractivity (Wildman–Crippen MR) is 145 cm³/mol. The minimum atomic E-state index is 0.520. The van der Waals surface area contributed by atoms with E-state index in [-0.39, 0.29) is 0 Å². The number of unbranched alkanes of at least 4 members (excludes halogenated alkanes) is 2. The number of rotatable bonds is 16. The molecule has 0 aromatic rings. The van der Waals surface area contributed by atoms with E-state index < -0.39 is 0 Å². The fourth-order valence-electron chi connectivity index (χ4n) is 7.82. The van der Waals surface area contributed by atoms with Gasteiger partial charge in [0.15, 0.2) is 0 Å². The first kappa shape index (κ1) is 27.7. The van der Waals surface area contributed by atoms with Crippen molar-refractivity contribution < 1.29 is 0 Å². The van der Waals surface area contributed by atoms with Crippen LogP contribution in [0.2, 0.25) is 0 Å². The van der Waals surface area contributed by atoms with Crippen molar-refractivity contribution in [2.45, 2.75) is 120 Å². The van der Waals surface area contributed by atoms with E-state index in [0.29, 0.717) is 11.3 Å². The van der Waals surface area contributed by atoms with Crippen molar-refractivity contribution in [3.63, 3.8) is 0 Å². The highest BCUT2D eigenvalue weighted by molar-refractivity contribution is 5.41. The van der Waals surface area contributed by atoms with Crippen molar-refractivity contribution in [2.75, 3.05) is 0 Å². The zero-order valence-electron chi connectivity index (χ0n) is 23.5. The molecule has 9 atom stereocenters. The van der Waals surface area contributed by atoms with Crippen LogP contribution in [0.25, 0.3) is 0 Å². The van der Waals surface area contributed by atoms with Crippen molar-refractivity contribution in [3.05, 3.63) is 24.3 Å². The van der Waals surface area contributed by atoms with E-state index in [1.54, 1.807) is 11.1 Å². The Labute approximate surface area is 203 Å². The van der Waals surface area contributed by atoms with Crippen molar-refractivity contribution in [1.82, 2.24) is 0 Å². The highest BCUT2D eigenvalue weighted by atomic mass is 14.8. The molecule has 0 amide bonds. The Balaban J connectivity index is 1.99. The van der Waals surface area contributed by atoms with E-state index in [1.807, 2.05) is 0 Å². The molecule has 2 aliphatic rings. The van der Waals surface area contributed by atoms with Gasteiger partial charge in [-0.1, -0.05) is 119 Å². The molecule has 0 aromatic carbocycles. The van der Waals surface area contributed by atoms with E-state index >= 15 is 0 Å². The largest absolute Gasteiger partial charge is 0.0995 e. The van der Waals surface area contributed by atoms with Crippen LogP contribution in [-0.4, -0.2) is 0 Å². The van der Waals surface area contributed by atoms with Gasteiger partial charge in [0, 0.05) is 0 Å². The molecule has 2 fully saturated rings.